The Bertz CT molecular complexity index is 1090. The lowest BCUT2D eigenvalue weighted by Crippen LogP contribution is -2.27. The van der Waals surface area contributed by atoms with Gasteiger partial charge in [-0.25, -0.2) is 9.78 Å². The summed E-state index contributed by atoms with van der Waals surface area (Å²) < 4.78 is 6.12. The van der Waals surface area contributed by atoms with Crippen LogP contribution in [0.2, 0.25) is 0 Å². The van der Waals surface area contributed by atoms with Gasteiger partial charge in [0.05, 0.1) is 28.7 Å². The highest BCUT2D eigenvalue weighted by molar-refractivity contribution is 7.13. The summed E-state index contributed by atoms with van der Waals surface area (Å²) in [5, 5.41) is 7.47. The van der Waals surface area contributed by atoms with Crippen LogP contribution >= 0.6 is 11.3 Å². The molecule has 0 spiro atoms. The molecule has 2 heterocycles. The van der Waals surface area contributed by atoms with Crippen molar-refractivity contribution in [2.45, 2.75) is 20.8 Å². The average molecular weight is 398 g/mol. The second kappa shape index (κ2) is 8.13. The third-order valence-electron chi connectivity index (χ3n) is 3.76. The molecule has 2 aromatic heterocycles. The Morgan fingerprint density at radius 2 is 1.93 bits per heavy atom. The van der Waals surface area contributed by atoms with Gasteiger partial charge in [0.2, 0.25) is 0 Å². The van der Waals surface area contributed by atoms with Gasteiger partial charge < -0.3 is 10.1 Å². The number of hydrogen-bond donors (Lipinski definition) is 1. The van der Waals surface area contributed by atoms with Crippen molar-refractivity contribution in [2.24, 2.45) is 0 Å². The van der Waals surface area contributed by atoms with E-state index in [1.54, 1.807) is 51.1 Å². The summed E-state index contributed by atoms with van der Waals surface area (Å²) in [4.78, 5) is 42.2. The molecule has 0 bridgehead atoms. The van der Waals surface area contributed by atoms with Crippen molar-refractivity contribution in [1.82, 2.24) is 14.8 Å². The number of esters is 1. The number of nitrogens with zero attached hydrogens (tertiary/aromatic N) is 3. The Hall–Kier alpha value is -3.33. The van der Waals surface area contributed by atoms with Crippen molar-refractivity contribution >= 4 is 28.9 Å². The Labute approximate surface area is 164 Å². The fourth-order valence-electron chi connectivity index (χ4n) is 2.58. The number of rotatable bonds is 5. The van der Waals surface area contributed by atoms with Crippen LogP contribution in [-0.4, -0.2) is 33.2 Å². The molecule has 0 fully saturated rings. The van der Waals surface area contributed by atoms with Crippen molar-refractivity contribution in [2.75, 3.05) is 11.9 Å². The molecular weight excluding hydrogens is 380 g/mol. The van der Waals surface area contributed by atoms with Crippen molar-refractivity contribution in [3.05, 3.63) is 68.0 Å². The zero-order valence-electron chi connectivity index (χ0n) is 15.6. The van der Waals surface area contributed by atoms with E-state index in [-0.39, 0.29) is 18.0 Å². The number of nitrogens with one attached hydrogen (secondary N) is 1. The lowest BCUT2D eigenvalue weighted by molar-refractivity contribution is 0.0518. The second-order valence-corrected chi connectivity index (χ2v) is 7.02. The SMILES string of the molecule is CCOC(=O)c1nn(-c2ccccc2)c(=O)cc1NC(=O)c1sc(C)nc1C. The molecule has 0 atom stereocenters. The van der Waals surface area contributed by atoms with Gasteiger partial charge in [0, 0.05) is 6.07 Å². The highest BCUT2D eigenvalue weighted by Crippen LogP contribution is 2.20. The Balaban J connectivity index is 2.05. The highest BCUT2D eigenvalue weighted by atomic mass is 32.1. The monoisotopic (exact) mass is 398 g/mol. The first kappa shape index (κ1) is 19.4. The molecule has 1 aromatic carbocycles. The number of thiazole rings is 1. The van der Waals surface area contributed by atoms with Gasteiger partial charge >= 0.3 is 5.97 Å². The number of amides is 1. The van der Waals surface area contributed by atoms with E-state index in [1.165, 1.54) is 11.3 Å². The summed E-state index contributed by atoms with van der Waals surface area (Å²) in [5.74, 6) is -1.20. The topological polar surface area (TPSA) is 103 Å². The van der Waals surface area contributed by atoms with E-state index in [9.17, 15) is 14.4 Å². The molecule has 0 aliphatic rings. The predicted molar refractivity (Wildman–Crippen MR) is 105 cm³/mol. The first-order valence-corrected chi connectivity index (χ1v) is 9.34. The zero-order chi connectivity index (χ0) is 20.3. The largest absolute Gasteiger partial charge is 0.461 e. The molecule has 8 nitrogen and oxygen atoms in total. The van der Waals surface area contributed by atoms with Crippen LogP contribution < -0.4 is 10.9 Å². The van der Waals surface area contributed by atoms with Crippen LogP contribution in [0, 0.1) is 13.8 Å². The molecule has 0 saturated carbocycles. The van der Waals surface area contributed by atoms with E-state index in [4.69, 9.17) is 4.74 Å². The second-order valence-electron chi connectivity index (χ2n) is 5.81. The quantitative estimate of drug-likeness (QED) is 0.663. The lowest BCUT2D eigenvalue weighted by atomic mass is 10.2. The molecule has 9 heteroatoms. The molecule has 1 amide bonds. The maximum absolute atomic E-state index is 12.6. The summed E-state index contributed by atoms with van der Waals surface area (Å²) in [6.07, 6.45) is 0. The number of carbonyl (C=O) groups excluding carboxylic acids is 2. The van der Waals surface area contributed by atoms with Gasteiger partial charge in [-0.3, -0.25) is 9.59 Å². The number of hydrogen-bond acceptors (Lipinski definition) is 7. The Morgan fingerprint density at radius 1 is 1.21 bits per heavy atom. The Kier molecular flexibility index (Phi) is 5.65. The van der Waals surface area contributed by atoms with Crippen molar-refractivity contribution in [1.29, 1.82) is 0 Å². The lowest BCUT2D eigenvalue weighted by Gasteiger charge is -2.12. The maximum Gasteiger partial charge on any atom is 0.360 e. The van der Waals surface area contributed by atoms with E-state index < -0.39 is 17.4 Å². The number of anilines is 1. The van der Waals surface area contributed by atoms with Gasteiger partial charge in [0.25, 0.3) is 11.5 Å². The number of aryl methyl sites for hydroxylation is 2. The Morgan fingerprint density at radius 3 is 2.54 bits per heavy atom. The number of ether oxygens (including phenoxy) is 1. The first-order valence-electron chi connectivity index (χ1n) is 8.53. The van der Waals surface area contributed by atoms with Crippen LogP contribution in [0.15, 0.2) is 41.2 Å². The van der Waals surface area contributed by atoms with E-state index in [0.29, 0.717) is 16.3 Å². The number of benzene rings is 1. The van der Waals surface area contributed by atoms with Crippen molar-refractivity contribution in [3.63, 3.8) is 0 Å². The number of aromatic nitrogens is 3. The standard InChI is InChI=1S/C19H18N4O4S/c1-4-27-19(26)16-14(21-18(25)17-11(2)20-12(3)28-17)10-15(24)23(22-16)13-8-6-5-7-9-13/h5-10H,4H2,1-3H3,(H,21,25). The third-order valence-corrected chi connectivity index (χ3v) is 4.83. The fourth-order valence-corrected chi connectivity index (χ4v) is 3.39. The van der Waals surface area contributed by atoms with Crippen molar-refractivity contribution in [3.8, 4) is 5.69 Å². The molecule has 0 aliphatic carbocycles. The molecule has 0 radical (unpaired) electrons. The molecule has 28 heavy (non-hydrogen) atoms. The molecule has 1 N–H and O–H groups in total. The van der Waals surface area contributed by atoms with Gasteiger partial charge in [-0.15, -0.1) is 11.3 Å². The summed E-state index contributed by atoms with van der Waals surface area (Å²) in [5.41, 5.74) is 0.406. The van der Waals surface area contributed by atoms with Crippen LogP contribution in [0.1, 0.15) is 37.8 Å². The molecule has 3 aromatic rings. The zero-order valence-corrected chi connectivity index (χ0v) is 16.4. The minimum absolute atomic E-state index is 0.00826. The van der Waals surface area contributed by atoms with E-state index in [1.807, 2.05) is 0 Å². The molecule has 0 saturated heterocycles. The van der Waals surface area contributed by atoms with Gasteiger partial charge in [-0.2, -0.15) is 9.78 Å². The van der Waals surface area contributed by atoms with Gasteiger partial charge in [0.15, 0.2) is 5.69 Å². The van der Waals surface area contributed by atoms with Crippen LogP contribution in [-0.2, 0) is 4.74 Å². The smallest absolute Gasteiger partial charge is 0.360 e. The third kappa shape index (κ3) is 3.99. The van der Waals surface area contributed by atoms with E-state index in [0.717, 1.165) is 15.8 Å². The summed E-state index contributed by atoms with van der Waals surface area (Å²) in [6.45, 7) is 5.30. The molecule has 3 rings (SSSR count). The fraction of sp³-hybridized carbons (Fsp3) is 0.211. The van der Waals surface area contributed by atoms with Crippen LogP contribution in [0.25, 0.3) is 5.69 Å². The summed E-state index contributed by atoms with van der Waals surface area (Å²) >= 11 is 1.23. The first-order chi connectivity index (χ1) is 13.4. The van der Waals surface area contributed by atoms with Gasteiger partial charge in [-0.1, -0.05) is 18.2 Å². The van der Waals surface area contributed by atoms with Crippen molar-refractivity contribution < 1.29 is 14.3 Å². The highest BCUT2D eigenvalue weighted by Gasteiger charge is 2.22. The number of para-hydroxylation sites is 1. The molecular formula is C19H18N4O4S. The average Bonchev–Trinajstić information content (AvgIpc) is 3.01. The minimum atomic E-state index is -0.736. The molecule has 144 valence electrons. The van der Waals surface area contributed by atoms with Gasteiger partial charge in [-0.05, 0) is 32.9 Å². The minimum Gasteiger partial charge on any atom is -0.461 e. The van der Waals surface area contributed by atoms with E-state index >= 15 is 0 Å². The van der Waals surface area contributed by atoms with E-state index in [2.05, 4.69) is 15.4 Å². The molecule has 0 aliphatic heterocycles. The maximum atomic E-state index is 12.6. The van der Waals surface area contributed by atoms with Gasteiger partial charge in [0.1, 0.15) is 4.88 Å². The van der Waals surface area contributed by atoms with Crippen LogP contribution in [0.4, 0.5) is 5.69 Å². The normalized spacial score (nSPS) is 10.5. The number of carbonyl (C=O) groups is 2. The summed E-state index contributed by atoms with van der Waals surface area (Å²) in [7, 11) is 0. The predicted octanol–water partition coefficient (Wildman–Crippen LogP) is 2.73. The van der Waals surface area contributed by atoms with Crippen LogP contribution in [0.5, 0.6) is 0 Å². The molecule has 0 unspecified atom stereocenters. The summed E-state index contributed by atoms with van der Waals surface area (Å²) in [6, 6.07) is 9.83. The van der Waals surface area contributed by atoms with Crippen LogP contribution in [0.3, 0.4) is 0 Å².